The van der Waals surface area contributed by atoms with E-state index in [4.69, 9.17) is 16.7 Å². The topological polar surface area (TPSA) is 46.9 Å². The highest BCUT2D eigenvalue weighted by Gasteiger charge is 2.23. The zero-order valence-electron chi connectivity index (χ0n) is 16.0. The summed E-state index contributed by atoms with van der Waals surface area (Å²) in [6.45, 7) is 2.26. The van der Waals surface area contributed by atoms with Gasteiger partial charge in [0.2, 0.25) is 0 Å². The predicted octanol–water partition coefficient (Wildman–Crippen LogP) is 5.43. The second kappa shape index (κ2) is 8.33. The Labute approximate surface area is 174 Å². The van der Waals surface area contributed by atoms with Gasteiger partial charge in [0.15, 0.2) is 0 Å². The summed E-state index contributed by atoms with van der Waals surface area (Å²) >= 11 is 6.23. The van der Waals surface area contributed by atoms with Crippen molar-refractivity contribution in [3.63, 3.8) is 0 Å². The summed E-state index contributed by atoms with van der Waals surface area (Å²) in [6.07, 6.45) is 0. The van der Waals surface area contributed by atoms with E-state index >= 15 is 0 Å². The zero-order chi connectivity index (χ0) is 20.2. The third-order valence-corrected chi connectivity index (χ3v) is 5.16. The number of benzene rings is 3. The third kappa shape index (κ3) is 3.93. The molecule has 144 valence electrons. The first-order chi connectivity index (χ1) is 14.1. The lowest BCUT2D eigenvalue weighted by Crippen LogP contribution is -2.24. The van der Waals surface area contributed by atoms with Gasteiger partial charge in [0.25, 0.3) is 5.91 Å². The molecule has 0 aliphatic carbocycles. The van der Waals surface area contributed by atoms with E-state index < -0.39 is 0 Å². The summed E-state index contributed by atoms with van der Waals surface area (Å²) < 4.78 is 1.81. The molecule has 1 heterocycles. The number of rotatable bonds is 5. The van der Waals surface area contributed by atoms with Crippen LogP contribution in [0.4, 0.5) is 0 Å². The van der Waals surface area contributed by atoms with Crippen LogP contribution in [0.2, 0.25) is 5.02 Å². The standard InChI is InChI=1S/C24H20ClN3O/c1-17-22(24(29)26-16-19-12-8-9-15-21(19)25)23(18-10-4-2-5-11-18)27-28(17)20-13-6-3-7-14-20/h2-15H,16H2,1H3,(H,26,29). The number of carbonyl (C=O) groups is 1. The molecule has 0 radical (unpaired) electrons. The quantitative estimate of drug-likeness (QED) is 0.484. The molecule has 0 saturated heterocycles. The molecule has 0 unspecified atom stereocenters. The van der Waals surface area contributed by atoms with Crippen molar-refractivity contribution in [2.75, 3.05) is 0 Å². The lowest BCUT2D eigenvalue weighted by molar-refractivity contribution is 0.0951. The van der Waals surface area contributed by atoms with Crippen LogP contribution < -0.4 is 5.32 Å². The first kappa shape index (κ1) is 19.0. The average molecular weight is 402 g/mol. The number of nitrogens with zero attached hydrogens (tertiary/aromatic N) is 2. The molecule has 3 aromatic carbocycles. The Bertz CT molecular complexity index is 1140. The van der Waals surface area contributed by atoms with Gasteiger partial charge >= 0.3 is 0 Å². The molecule has 0 bridgehead atoms. The Balaban J connectivity index is 1.74. The Hall–Kier alpha value is -3.37. The first-order valence-electron chi connectivity index (χ1n) is 9.37. The van der Waals surface area contributed by atoms with Crippen molar-refractivity contribution < 1.29 is 4.79 Å². The highest BCUT2D eigenvalue weighted by Crippen LogP contribution is 2.27. The van der Waals surface area contributed by atoms with E-state index in [2.05, 4.69) is 5.32 Å². The smallest absolute Gasteiger partial charge is 0.255 e. The van der Waals surface area contributed by atoms with Crippen molar-refractivity contribution in [1.82, 2.24) is 15.1 Å². The van der Waals surface area contributed by atoms with Crippen molar-refractivity contribution in [1.29, 1.82) is 0 Å². The van der Waals surface area contributed by atoms with E-state index in [-0.39, 0.29) is 5.91 Å². The fourth-order valence-electron chi connectivity index (χ4n) is 3.30. The maximum absolute atomic E-state index is 13.2. The minimum absolute atomic E-state index is 0.177. The van der Waals surface area contributed by atoms with Crippen LogP contribution in [0.25, 0.3) is 16.9 Å². The van der Waals surface area contributed by atoms with Gasteiger partial charge in [0, 0.05) is 17.1 Å². The lowest BCUT2D eigenvalue weighted by atomic mass is 10.1. The second-order valence-electron chi connectivity index (χ2n) is 6.70. The average Bonchev–Trinajstić information content (AvgIpc) is 3.11. The SMILES string of the molecule is Cc1c(C(=O)NCc2ccccc2Cl)c(-c2ccccc2)nn1-c1ccccc1. The lowest BCUT2D eigenvalue weighted by Gasteiger charge is -2.08. The van der Waals surface area contributed by atoms with Gasteiger partial charge < -0.3 is 5.32 Å². The highest BCUT2D eigenvalue weighted by atomic mass is 35.5. The van der Waals surface area contributed by atoms with Crippen LogP contribution in [0.1, 0.15) is 21.6 Å². The van der Waals surface area contributed by atoms with Gasteiger partial charge in [0.1, 0.15) is 5.69 Å². The molecule has 4 aromatic rings. The number of amides is 1. The molecule has 0 fully saturated rings. The molecule has 1 aromatic heterocycles. The molecule has 4 nitrogen and oxygen atoms in total. The molecule has 1 N–H and O–H groups in total. The van der Waals surface area contributed by atoms with Crippen molar-refractivity contribution in [3.05, 3.63) is 107 Å². The number of hydrogen-bond donors (Lipinski definition) is 1. The van der Waals surface area contributed by atoms with Gasteiger partial charge in [-0.2, -0.15) is 5.10 Å². The van der Waals surface area contributed by atoms with Gasteiger partial charge in [-0.1, -0.05) is 78.3 Å². The van der Waals surface area contributed by atoms with Crippen molar-refractivity contribution in [2.45, 2.75) is 13.5 Å². The van der Waals surface area contributed by atoms with E-state index in [0.29, 0.717) is 22.8 Å². The molecule has 5 heteroatoms. The van der Waals surface area contributed by atoms with E-state index in [1.165, 1.54) is 0 Å². The molecule has 29 heavy (non-hydrogen) atoms. The first-order valence-corrected chi connectivity index (χ1v) is 9.75. The molecule has 0 saturated carbocycles. The van der Waals surface area contributed by atoms with Crippen LogP contribution in [0.5, 0.6) is 0 Å². The largest absolute Gasteiger partial charge is 0.348 e. The number of halogens is 1. The van der Waals surface area contributed by atoms with Crippen LogP contribution >= 0.6 is 11.6 Å². The molecule has 1 amide bonds. The van der Waals surface area contributed by atoms with Gasteiger partial charge in [-0.05, 0) is 30.7 Å². The minimum atomic E-state index is -0.177. The van der Waals surface area contributed by atoms with Gasteiger partial charge in [0.05, 0.1) is 16.9 Å². The highest BCUT2D eigenvalue weighted by molar-refractivity contribution is 6.31. The van der Waals surface area contributed by atoms with Crippen molar-refractivity contribution in [3.8, 4) is 16.9 Å². The Morgan fingerprint density at radius 3 is 2.24 bits per heavy atom. The van der Waals surface area contributed by atoms with E-state index in [9.17, 15) is 4.79 Å². The van der Waals surface area contributed by atoms with E-state index in [1.807, 2.05) is 96.5 Å². The summed E-state index contributed by atoms with van der Waals surface area (Å²) in [6, 6.07) is 27.1. The number of hydrogen-bond acceptors (Lipinski definition) is 2. The molecule has 0 aliphatic rings. The fourth-order valence-corrected chi connectivity index (χ4v) is 3.50. The predicted molar refractivity (Wildman–Crippen MR) is 116 cm³/mol. The van der Waals surface area contributed by atoms with Crippen LogP contribution in [0.15, 0.2) is 84.9 Å². The van der Waals surface area contributed by atoms with Gasteiger partial charge in [-0.3, -0.25) is 4.79 Å². The molecule has 0 spiro atoms. The summed E-state index contributed by atoms with van der Waals surface area (Å²) in [7, 11) is 0. The van der Waals surface area contributed by atoms with E-state index in [1.54, 1.807) is 0 Å². The fraction of sp³-hybridized carbons (Fsp3) is 0.0833. The van der Waals surface area contributed by atoms with Crippen molar-refractivity contribution >= 4 is 17.5 Å². The summed E-state index contributed by atoms with van der Waals surface area (Å²) in [5.74, 6) is -0.177. The van der Waals surface area contributed by atoms with Crippen LogP contribution in [-0.4, -0.2) is 15.7 Å². The van der Waals surface area contributed by atoms with E-state index in [0.717, 1.165) is 22.5 Å². The Morgan fingerprint density at radius 1 is 0.931 bits per heavy atom. The van der Waals surface area contributed by atoms with Gasteiger partial charge in [-0.25, -0.2) is 4.68 Å². The normalized spacial score (nSPS) is 10.7. The summed E-state index contributed by atoms with van der Waals surface area (Å²) in [5.41, 5.74) is 4.68. The Kier molecular flexibility index (Phi) is 5.45. The second-order valence-corrected chi connectivity index (χ2v) is 7.10. The number of carbonyl (C=O) groups excluding carboxylic acids is 1. The zero-order valence-corrected chi connectivity index (χ0v) is 16.7. The number of nitrogens with one attached hydrogen (secondary N) is 1. The van der Waals surface area contributed by atoms with Crippen LogP contribution in [-0.2, 0) is 6.54 Å². The monoisotopic (exact) mass is 401 g/mol. The number of para-hydroxylation sites is 1. The molecule has 0 aliphatic heterocycles. The minimum Gasteiger partial charge on any atom is -0.348 e. The third-order valence-electron chi connectivity index (χ3n) is 4.79. The maximum atomic E-state index is 13.2. The van der Waals surface area contributed by atoms with Gasteiger partial charge in [-0.15, -0.1) is 0 Å². The Morgan fingerprint density at radius 2 is 1.55 bits per heavy atom. The molecule has 4 rings (SSSR count). The number of aromatic nitrogens is 2. The maximum Gasteiger partial charge on any atom is 0.255 e. The van der Waals surface area contributed by atoms with Crippen LogP contribution in [0, 0.1) is 6.92 Å². The summed E-state index contributed by atoms with van der Waals surface area (Å²) in [5, 5.41) is 8.40. The molecular weight excluding hydrogens is 382 g/mol. The molecule has 0 atom stereocenters. The summed E-state index contributed by atoms with van der Waals surface area (Å²) in [4.78, 5) is 13.2. The van der Waals surface area contributed by atoms with Crippen LogP contribution in [0.3, 0.4) is 0 Å². The molecular formula is C24H20ClN3O. The van der Waals surface area contributed by atoms with Crippen molar-refractivity contribution in [2.24, 2.45) is 0 Å².